The molecule has 0 unspecified atom stereocenters. The number of para-hydroxylation sites is 1. The zero-order chi connectivity index (χ0) is 20.0. The zero-order valence-corrected chi connectivity index (χ0v) is 16.7. The standard InChI is InChI=1S/C21H20ClFN6/c1-27-7-9-28(10-8-27)14-5-6-17-18(11-14)29-13-24-12-19(29)21(25-17)26-20-15(22)3-2-4-16(20)23/h2-6,11-13H,7-10H2,1H3,(H,25,26). The highest BCUT2D eigenvalue weighted by Crippen LogP contribution is 2.31. The SMILES string of the molecule is CN1CCN(c2ccc3nc(Nc4c(F)cccc4Cl)c4cncn4c3c2)CC1. The van der Waals surface area contributed by atoms with Gasteiger partial charge in [-0.1, -0.05) is 17.7 Å². The predicted molar refractivity (Wildman–Crippen MR) is 115 cm³/mol. The number of nitrogens with zero attached hydrogens (tertiary/aromatic N) is 5. The molecule has 1 aliphatic rings. The van der Waals surface area contributed by atoms with Crippen molar-refractivity contribution >= 4 is 45.3 Å². The molecule has 1 N–H and O–H groups in total. The number of halogens is 2. The van der Waals surface area contributed by atoms with Crippen LogP contribution in [-0.4, -0.2) is 52.5 Å². The van der Waals surface area contributed by atoms with Gasteiger partial charge in [0.15, 0.2) is 5.82 Å². The maximum absolute atomic E-state index is 14.3. The van der Waals surface area contributed by atoms with E-state index in [-0.39, 0.29) is 5.69 Å². The summed E-state index contributed by atoms with van der Waals surface area (Å²) in [5, 5.41) is 3.35. The predicted octanol–water partition coefficient (Wildman–Crippen LogP) is 4.17. The maximum atomic E-state index is 14.3. The number of likely N-dealkylation sites (N-methyl/N-ethyl adjacent to an activating group) is 1. The van der Waals surface area contributed by atoms with Crippen LogP contribution in [0.25, 0.3) is 16.6 Å². The summed E-state index contributed by atoms with van der Waals surface area (Å²) in [6.45, 7) is 4.08. The van der Waals surface area contributed by atoms with Crippen molar-refractivity contribution in [2.75, 3.05) is 43.4 Å². The number of anilines is 3. The van der Waals surface area contributed by atoms with Crippen LogP contribution < -0.4 is 10.2 Å². The number of hydrogen-bond acceptors (Lipinski definition) is 5. The molecular formula is C21H20ClFN6. The molecule has 0 radical (unpaired) electrons. The highest BCUT2D eigenvalue weighted by molar-refractivity contribution is 6.33. The van der Waals surface area contributed by atoms with Gasteiger partial charge < -0.3 is 15.1 Å². The van der Waals surface area contributed by atoms with Crippen molar-refractivity contribution in [2.45, 2.75) is 0 Å². The van der Waals surface area contributed by atoms with E-state index in [9.17, 15) is 4.39 Å². The number of rotatable bonds is 3. The lowest BCUT2D eigenvalue weighted by atomic mass is 10.2. The summed E-state index contributed by atoms with van der Waals surface area (Å²) in [7, 11) is 2.15. The fourth-order valence-corrected chi connectivity index (χ4v) is 3.94. The van der Waals surface area contributed by atoms with E-state index in [1.807, 2.05) is 10.5 Å². The average Bonchev–Trinajstić information content (AvgIpc) is 3.22. The topological polar surface area (TPSA) is 48.7 Å². The average molecular weight is 411 g/mol. The van der Waals surface area contributed by atoms with Gasteiger partial charge in [-0.3, -0.25) is 4.40 Å². The summed E-state index contributed by atoms with van der Waals surface area (Å²) in [6, 6.07) is 10.8. The quantitative estimate of drug-likeness (QED) is 0.549. The summed E-state index contributed by atoms with van der Waals surface area (Å²) in [5.74, 6) is 0.0804. The van der Waals surface area contributed by atoms with E-state index in [0.29, 0.717) is 10.8 Å². The highest BCUT2D eigenvalue weighted by Gasteiger charge is 2.17. The molecule has 2 aromatic heterocycles. The molecular weight excluding hydrogens is 391 g/mol. The van der Waals surface area contributed by atoms with Crippen LogP contribution in [0.15, 0.2) is 48.9 Å². The van der Waals surface area contributed by atoms with Crippen molar-refractivity contribution < 1.29 is 4.39 Å². The Morgan fingerprint density at radius 1 is 1.07 bits per heavy atom. The molecule has 0 amide bonds. The number of benzene rings is 2. The largest absolute Gasteiger partial charge is 0.369 e. The van der Waals surface area contributed by atoms with Crippen LogP contribution >= 0.6 is 11.6 Å². The summed E-state index contributed by atoms with van der Waals surface area (Å²) in [6.07, 6.45) is 3.47. The van der Waals surface area contributed by atoms with Gasteiger partial charge in [-0.15, -0.1) is 0 Å². The molecule has 2 aromatic carbocycles. The van der Waals surface area contributed by atoms with Crippen molar-refractivity contribution in [2.24, 2.45) is 0 Å². The van der Waals surface area contributed by atoms with E-state index in [1.54, 1.807) is 24.7 Å². The Morgan fingerprint density at radius 3 is 2.69 bits per heavy atom. The Morgan fingerprint density at radius 2 is 1.90 bits per heavy atom. The number of hydrogen-bond donors (Lipinski definition) is 1. The lowest BCUT2D eigenvalue weighted by Crippen LogP contribution is -2.44. The van der Waals surface area contributed by atoms with Crippen molar-refractivity contribution in [1.82, 2.24) is 19.3 Å². The van der Waals surface area contributed by atoms with Crippen LogP contribution in [-0.2, 0) is 0 Å². The van der Waals surface area contributed by atoms with Crippen molar-refractivity contribution in [3.05, 3.63) is 59.8 Å². The number of nitrogens with one attached hydrogen (secondary N) is 1. The van der Waals surface area contributed by atoms with Gasteiger partial charge in [0.1, 0.15) is 11.3 Å². The molecule has 3 heterocycles. The highest BCUT2D eigenvalue weighted by atomic mass is 35.5. The number of aromatic nitrogens is 3. The molecule has 1 saturated heterocycles. The third-order valence-electron chi connectivity index (χ3n) is 5.41. The van der Waals surface area contributed by atoms with Crippen LogP contribution in [0, 0.1) is 5.82 Å². The van der Waals surface area contributed by atoms with Gasteiger partial charge in [-0.25, -0.2) is 14.4 Å². The maximum Gasteiger partial charge on any atom is 0.157 e. The molecule has 1 aliphatic heterocycles. The smallest absolute Gasteiger partial charge is 0.157 e. The Balaban J connectivity index is 1.59. The van der Waals surface area contributed by atoms with Gasteiger partial charge >= 0.3 is 0 Å². The van der Waals surface area contributed by atoms with Crippen LogP contribution in [0.2, 0.25) is 5.02 Å². The van der Waals surface area contributed by atoms with Crippen LogP contribution in [0.4, 0.5) is 21.6 Å². The number of imidazole rings is 1. The normalized spacial score (nSPS) is 15.3. The number of piperazine rings is 1. The Bertz CT molecular complexity index is 1180. The van der Waals surface area contributed by atoms with Crippen molar-refractivity contribution in [3.63, 3.8) is 0 Å². The fraction of sp³-hybridized carbons (Fsp3) is 0.238. The molecule has 4 aromatic rings. The van der Waals surface area contributed by atoms with Gasteiger partial charge in [0.05, 0.1) is 34.3 Å². The first-order valence-corrected chi connectivity index (χ1v) is 9.88. The third-order valence-corrected chi connectivity index (χ3v) is 5.72. The molecule has 148 valence electrons. The van der Waals surface area contributed by atoms with Crippen molar-refractivity contribution in [3.8, 4) is 0 Å². The molecule has 0 saturated carbocycles. The molecule has 0 bridgehead atoms. The number of fused-ring (bicyclic) bond motifs is 3. The minimum Gasteiger partial charge on any atom is -0.369 e. The lowest BCUT2D eigenvalue weighted by Gasteiger charge is -2.34. The molecule has 1 fully saturated rings. The lowest BCUT2D eigenvalue weighted by molar-refractivity contribution is 0.313. The first kappa shape index (κ1) is 18.1. The summed E-state index contributed by atoms with van der Waals surface area (Å²) < 4.78 is 16.2. The second-order valence-electron chi connectivity index (χ2n) is 7.29. The van der Waals surface area contributed by atoms with Gasteiger partial charge in [-0.2, -0.15) is 0 Å². The summed E-state index contributed by atoms with van der Waals surface area (Å²) >= 11 is 6.18. The van der Waals surface area contributed by atoms with Gasteiger partial charge in [0.25, 0.3) is 0 Å². The minimum absolute atomic E-state index is 0.207. The van der Waals surface area contributed by atoms with Crippen LogP contribution in [0.5, 0.6) is 0 Å². The Hall–Kier alpha value is -2.90. The van der Waals surface area contributed by atoms with Gasteiger partial charge in [0, 0.05) is 31.9 Å². The monoisotopic (exact) mass is 410 g/mol. The fourth-order valence-electron chi connectivity index (χ4n) is 3.73. The second-order valence-corrected chi connectivity index (χ2v) is 7.70. The molecule has 8 heteroatoms. The zero-order valence-electron chi connectivity index (χ0n) is 15.9. The molecule has 0 aliphatic carbocycles. The van der Waals surface area contributed by atoms with E-state index in [4.69, 9.17) is 16.6 Å². The Kier molecular flexibility index (Phi) is 4.49. The van der Waals surface area contributed by atoms with Gasteiger partial charge in [0.2, 0.25) is 0 Å². The van der Waals surface area contributed by atoms with Crippen LogP contribution in [0.3, 0.4) is 0 Å². The van der Waals surface area contributed by atoms with E-state index >= 15 is 0 Å². The Labute approximate surface area is 172 Å². The molecule has 6 nitrogen and oxygen atoms in total. The molecule has 0 spiro atoms. The summed E-state index contributed by atoms with van der Waals surface area (Å²) in [4.78, 5) is 13.7. The van der Waals surface area contributed by atoms with Crippen molar-refractivity contribution in [1.29, 1.82) is 0 Å². The van der Waals surface area contributed by atoms with Crippen LogP contribution in [0.1, 0.15) is 0 Å². The first-order valence-electron chi connectivity index (χ1n) is 9.50. The molecule has 29 heavy (non-hydrogen) atoms. The van der Waals surface area contributed by atoms with E-state index in [1.165, 1.54) is 11.8 Å². The van der Waals surface area contributed by atoms with E-state index in [2.05, 4.69) is 39.3 Å². The van der Waals surface area contributed by atoms with Gasteiger partial charge in [-0.05, 0) is 37.4 Å². The third kappa shape index (κ3) is 3.26. The van der Waals surface area contributed by atoms with E-state index in [0.717, 1.165) is 42.7 Å². The first-order chi connectivity index (χ1) is 14.1. The minimum atomic E-state index is -0.428. The summed E-state index contributed by atoms with van der Waals surface area (Å²) in [5.41, 5.74) is 3.88. The van der Waals surface area contributed by atoms with E-state index < -0.39 is 5.82 Å². The molecule has 5 rings (SSSR count). The second kappa shape index (κ2) is 7.17. The molecule has 0 atom stereocenters.